The topological polar surface area (TPSA) is 34.1 Å². The molecule has 0 spiro atoms. The van der Waals surface area contributed by atoms with Crippen LogP contribution in [0.5, 0.6) is 0 Å². The number of ketones is 2. The second-order valence-corrected chi connectivity index (χ2v) is 5.79. The van der Waals surface area contributed by atoms with Crippen LogP contribution in [0.2, 0.25) is 0 Å². The molecule has 110 valence electrons. The van der Waals surface area contributed by atoms with Crippen LogP contribution in [0.1, 0.15) is 46.0 Å². The molecule has 0 atom stereocenters. The number of fused-ring (bicyclic) bond motifs is 1. The van der Waals surface area contributed by atoms with Crippen LogP contribution < -0.4 is 0 Å². The molecule has 22 heavy (non-hydrogen) atoms. The van der Waals surface area contributed by atoms with Crippen molar-refractivity contribution in [2.45, 2.75) is 19.8 Å². The number of benzene rings is 2. The summed E-state index contributed by atoms with van der Waals surface area (Å²) in [6, 6.07) is 16.8. The summed E-state index contributed by atoms with van der Waals surface area (Å²) in [5.74, 6) is -0.125. The van der Waals surface area contributed by atoms with Gasteiger partial charge in [0.15, 0.2) is 11.6 Å². The van der Waals surface area contributed by atoms with E-state index >= 15 is 0 Å². The number of Topliss-reactive ketones (excluding diaryl/α,β-unsaturated/α-hetero) is 2. The van der Waals surface area contributed by atoms with Crippen LogP contribution >= 0.6 is 0 Å². The lowest BCUT2D eigenvalue weighted by molar-refractivity contribution is 0.0696. The standard InChI is InChI=1S/C20H18O2/c1-3-20(13-14(2)15-9-5-4-6-10-15)18(21)16-11-7-8-12-17(16)19(20)22/h4-12H,2-3,13H2,1H3. The van der Waals surface area contributed by atoms with Crippen molar-refractivity contribution < 1.29 is 9.59 Å². The summed E-state index contributed by atoms with van der Waals surface area (Å²) < 4.78 is 0. The van der Waals surface area contributed by atoms with Crippen LogP contribution in [0.25, 0.3) is 5.57 Å². The maximum absolute atomic E-state index is 12.9. The fraction of sp³-hybridized carbons (Fsp3) is 0.200. The number of allylic oxidation sites excluding steroid dienone is 1. The molecule has 0 saturated heterocycles. The molecular weight excluding hydrogens is 272 g/mol. The summed E-state index contributed by atoms with van der Waals surface area (Å²) in [6.45, 7) is 6.01. The van der Waals surface area contributed by atoms with Gasteiger partial charge < -0.3 is 0 Å². The summed E-state index contributed by atoms with van der Waals surface area (Å²) in [5, 5.41) is 0. The van der Waals surface area contributed by atoms with Crippen molar-refractivity contribution in [2.75, 3.05) is 0 Å². The minimum Gasteiger partial charge on any atom is -0.293 e. The molecule has 2 nitrogen and oxygen atoms in total. The number of rotatable bonds is 4. The Morgan fingerprint density at radius 1 is 0.909 bits per heavy atom. The Hall–Kier alpha value is -2.48. The Labute approximate surface area is 130 Å². The molecule has 0 bridgehead atoms. The molecule has 1 aliphatic carbocycles. The Morgan fingerprint density at radius 3 is 1.91 bits per heavy atom. The van der Waals surface area contributed by atoms with E-state index in [1.165, 1.54) is 0 Å². The zero-order valence-electron chi connectivity index (χ0n) is 12.6. The van der Waals surface area contributed by atoms with Gasteiger partial charge in [0.1, 0.15) is 5.41 Å². The van der Waals surface area contributed by atoms with Crippen molar-refractivity contribution in [1.29, 1.82) is 0 Å². The van der Waals surface area contributed by atoms with Crippen LogP contribution in [0.15, 0.2) is 61.2 Å². The van der Waals surface area contributed by atoms with E-state index in [9.17, 15) is 9.59 Å². The predicted octanol–water partition coefficient (Wildman–Crippen LogP) is 4.57. The van der Waals surface area contributed by atoms with Gasteiger partial charge >= 0.3 is 0 Å². The Kier molecular flexibility index (Phi) is 3.53. The molecule has 0 amide bonds. The van der Waals surface area contributed by atoms with Gasteiger partial charge in [-0.3, -0.25) is 9.59 Å². The summed E-state index contributed by atoms with van der Waals surface area (Å²) in [5.41, 5.74) is 1.92. The first-order valence-corrected chi connectivity index (χ1v) is 7.52. The molecule has 0 unspecified atom stereocenters. The largest absolute Gasteiger partial charge is 0.293 e. The molecule has 2 aromatic rings. The van der Waals surface area contributed by atoms with E-state index in [-0.39, 0.29) is 11.6 Å². The van der Waals surface area contributed by atoms with Crippen LogP contribution in [-0.2, 0) is 0 Å². The van der Waals surface area contributed by atoms with E-state index < -0.39 is 5.41 Å². The first-order chi connectivity index (χ1) is 10.6. The minimum atomic E-state index is -0.989. The van der Waals surface area contributed by atoms with Gasteiger partial charge in [-0.05, 0) is 24.0 Å². The molecule has 0 aromatic heterocycles. The molecule has 0 fully saturated rings. The third kappa shape index (κ3) is 2.03. The molecule has 0 saturated carbocycles. The van der Waals surface area contributed by atoms with E-state index in [0.29, 0.717) is 24.0 Å². The molecular formula is C20H18O2. The molecule has 0 radical (unpaired) electrons. The summed E-state index contributed by atoms with van der Waals surface area (Å²) in [4.78, 5) is 25.7. The lowest BCUT2D eigenvalue weighted by atomic mass is 9.74. The van der Waals surface area contributed by atoms with Gasteiger partial charge in [0, 0.05) is 11.1 Å². The first-order valence-electron chi connectivity index (χ1n) is 7.52. The zero-order valence-corrected chi connectivity index (χ0v) is 12.6. The maximum atomic E-state index is 12.9. The zero-order chi connectivity index (χ0) is 15.7. The highest BCUT2D eigenvalue weighted by Crippen LogP contribution is 2.45. The summed E-state index contributed by atoms with van der Waals surface area (Å²) >= 11 is 0. The van der Waals surface area contributed by atoms with E-state index in [2.05, 4.69) is 6.58 Å². The highest BCUT2D eigenvalue weighted by molar-refractivity contribution is 6.30. The van der Waals surface area contributed by atoms with Gasteiger partial charge in [0.05, 0.1) is 0 Å². The monoisotopic (exact) mass is 290 g/mol. The average Bonchev–Trinajstić information content (AvgIpc) is 2.78. The first kappa shape index (κ1) is 14.5. The van der Waals surface area contributed by atoms with Gasteiger partial charge in [0.2, 0.25) is 0 Å². The number of hydrogen-bond donors (Lipinski definition) is 0. The van der Waals surface area contributed by atoms with Gasteiger partial charge in [0.25, 0.3) is 0 Å². The second kappa shape index (κ2) is 5.38. The van der Waals surface area contributed by atoms with E-state index in [1.54, 1.807) is 12.1 Å². The minimum absolute atomic E-state index is 0.0623. The number of hydrogen-bond acceptors (Lipinski definition) is 2. The Balaban J connectivity index is 1.99. The fourth-order valence-electron chi connectivity index (χ4n) is 3.24. The summed E-state index contributed by atoms with van der Waals surface area (Å²) in [6.07, 6.45) is 0.866. The van der Waals surface area contributed by atoms with Gasteiger partial charge in [-0.15, -0.1) is 0 Å². The van der Waals surface area contributed by atoms with Crippen LogP contribution in [0.3, 0.4) is 0 Å². The lowest BCUT2D eigenvalue weighted by Crippen LogP contribution is -2.33. The SMILES string of the molecule is C=C(CC1(CC)C(=O)c2ccccc2C1=O)c1ccccc1. The molecule has 2 heteroatoms. The lowest BCUT2D eigenvalue weighted by Gasteiger charge is -2.25. The van der Waals surface area contributed by atoms with Crippen molar-refractivity contribution >= 4 is 17.1 Å². The van der Waals surface area contributed by atoms with Crippen molar-refractivity contribution in [1.82, 2.24) is 0 Å². The number of carbonyl (C=O) groups excluding carboxylic acids is 2. The highest BCUT2D eigenvalue weighted by atomic mass is 16.2. The molecule has 3 rings (SSSR count). The number of carbonyl (C=O) groups is 2. The average molecular weight is 290 g/mol. The van der Waals surface area contributed by atoms with Crippen LogP contribution in [0, 0.1) is 5.41 Å². The quantitative estimate of drug-likeness (QED) is 0.773. The van der Waals surface area contributed by atoms with Crippen LogP contribution in [-0.4, -0.2) is 11.6 Å². The normalized spacial score (nSPS) is 15.7. The highest BCUT2D eigenvalue weighted by Gasteiger charge is 2.51. The van der Waals surface area contributed by atoms with Crippen molar-refractivity contribution in [2.24, 2.45) is 5.41 Å². The Bertz CT molecular complexity index is 721. The molecule has 1 aliphatic rings. The predicted molar refractivity (Wildman–Crippen MR) is 87.9 cm³/mol. The second-order valence-electron chi connectivity index (χ2n) is 5.79. The van der Waals surface area contributed by atoms with Crippen LogP contribution in [0.4, 0.5) is 0 Å². The van der Waals surface area contributed by atoms with Gasteiger partial charge in [-0.1, -0.05) is 68.1 Å². The van der Waals surface area contributed by atoms with Crippen molar-refractivity contribution in [3.63, 3.8) is 0 Å². The smallest absolute Gasteiger partial charge is 0.177 e. The molecule has 0 aliphatic heterocycles. The molecule has 0 heterocycles. The molecule has 0 N–H and O–H groups in total. The van der Waals surface area contributed by atoms with E-state index in [4.69, 9.17) is 0 Å². The maximum Gasteiger partial charge on any atom is 0.177 e. The third-order valence-electron chi connectivity index (χ3n) is 4.59. The Morgan fingerprint density at radius 2 is 1.41 bits per heavy atom. The summed E-state index contributed by atoms with van der Waals surface area (Å²) in [7, 11) is 0. The van der Waals surface area contributed by atoms with Crippen molar-refractivity contribution in [3.05, 3.63) is 77.9 Å². The van der Waals surface area contributed by atoms with E-state index in [1.807, 2.05) is 49.4 Å². The van der Waals surface area contributed by atoms with Gasteiger partial charge in [-0.25, -0.2) is 0 Å². The molecule has 2 aromatic carbocycles. The fourth-order valence-corrected chi connectivity index (χ4v) is 3.24. The van der Waals surface area contributed by atoms with Gasteiger partial charge in [-0.2, -0.15) is 0 Å². The third-order valence-corrected chi connectivity index (χ3v) is 4.59. The van der Waals surface area contributed by atoms with E-state index in [0.717, 1.165) is 11.1 Å². The van der Waals surface area contributed by atoms with Crippen molar-refractivity contribution in [3.8, 4) is 0 Å².